The van der Waals surface area contributed by atoms with Crippen LogP contribution in [0.3, 0.4) is 0 Å². The zero-order valence-corrected chi connectivity index (χ0v) is 14.9. The summed E-state index contributed by atoms with van der Waals surface area (Å²) < 4.78 is 13.9. The second-order valence-electron chi connectivity index (χ2n) is 5.78. The molecule has 2 N–H and O–H groups in total. The van der Waals surface area contributed by atoms with Gasteiger partial charge >= 0.3 is 0 Å². The van der Waals surface area contributed by atoms with Gasteiger partial charge in [0.1, 0.15) is 12.4 Å². The number of hydrogen-bond acceptors (Lipinski definition) is 1. The van der Waals surface area contributed by atoms with Crippen LogP contribution in [0.1, 0.15) is 24.1 Å². The first-order valence-electron chi connectivity index (χ1n) is 7.54. The van der Waals surface area contributed by atoms with Crippen LogP contribution in [-0.4, -0.2) is 19.5 Å². The molecule has 0 heterocycles. The van der Waals surface area contributed by atoms with E-state index in [0.717, 1.165) is 20.5 Å². The summed E-state index contributed by atoms with van der Waals surface area (Å²) in [4.78, 5) is 13.2. The van der Waals surface area contributed by atoms with Crippen molar-refractivity contribution in [2.45, 2.75) is 19.5 Å². The van der Waals surface area contributed by atoms with Gasteiger partial charge in [0, 0.05) is 10.0 Å². The van der Waals surface area contributed by atoms with Crippen LogP contribution in [-0.2, 0) is 11.3 Å². The minimum Gasteiger partial charge on any atom is -0.345 e. The van der Waals surface area contributed by atoms with Gasteiger partial charge in [0.25, 0.3) is 5.91 Å². The van der Waals surface area contributed by atoms with Crippen LogP contribution in [0.4, 0.5) is 4.39 Å². The van der Waals surface area contributed by atoms with E-state index in [1.807, 2.05) is 38.2 Å². The summed E-state index contributed by atoms with van der Waals surface area (Å²) >= 11 is 3.40. The van der Waals surface area contributed by atoms with E-state index < -0.39 is 0 Å². The molecular formula is C18H21BrFN2O+. The van der Waals surface area contributed by atoms with Gasteiger partial charge in [-0.05, 0) is 36.8 Å². The summed E-state index contributed by atoms with van der Waals surface area (Å²) in [5.41, 5.74) is 2.08. The van der Waals surface area contributed by atoms with Crippen molar-refractivity contribution in [3.63, 3.8) is 0 Å². The fourth-order valence-electron chi connectivity index (χ4n) is 2.41. The molecule has 2 atom stereocenters. The second-order valence-corrected chi connectivity index (χ2v) is 6.69. The highest BCUT2D eigenvalue weighted by Crippen LogP contribution is 2.16. The molecule has 2 aromatic rings. The van der Waals surface area contributed by atoms with E-state index in [0.29, 0.717) is 13.1 Å². The number of carbonyl (C=O) groups is 1. The van der Waals surface area contributed by atoms with Crippen molar-refractivity contribution in [2.75, 3.05) is 13.6 Å². The van der Waals surface area contributed by atoms with Crippen molar-refractivity contribution in [3.05, 3.63) is 69.9 Å². The average Bonchev–Trinajstić information content (AvgIpc) is 2.50. The number of halogens is 2. The highest BCUT2D eigenvalue weighted by molar-refractivity contribution is 9.10. The molecule has 0 saturated carbocycles. The SMILES string of the molecule is C[C@H](NC(=O)C[NH+](C)Cc1ccc(F)cc1)c1ccc(Br)cc1. The van der Waals surface area contributed by atoms with Crippen LogP contribution < -0.4 is 10.2 Å². The van der Waals surface area contributed by atoms with Crippen LogP contribution in [0.25, 0.3) is 0 Å². The van der Waals surface area contributed by atoms with Crippen LogP contribution in [0.15, 0.2) is 53.0 Å². The van der Waals surface area contributed by atoms with E-state index >= 15 is 0 Å². The van der Waals surface area contributed by atoms with Gasteiger partial charge in [-0.1, -0.05) is 40.2 Å². The number of amides is 1. The van der Waals surface area contributed by atoms with Crippen LogP contribution in [0.2, 0.25) is 0 Å². The summed E-state index contributed by atoms with van der Waals surface area (Å²) in [6, 6.07) is 14.3. The molecule has 3 nitrogen and oxygen atoms in total. The van der Waals surface area contributed by atoms with E-state index in [1.165, 1.54) is 12.1 Å². The number of carbonyl (C=O) groups excluding carboxylic acids is 1. The zero-order chi connectivity index (χ0) is 16.8. The first kappa shape index (κ1) is 17.6. The summed E-state index contributed by atoms with van der Waals surface area (Å²) in [6.07, 6.45) is 0. The quantitative estimate of drug-likeness (QED) is 0.794. The first-order chi connectivity index (χ1) is 10.9. The van der Waals surface area contributed by atoms with Crippen molar-refractivity contribution in [3.8, 4) is 0 Å². The Kier molecular flexibility index (Phi) is 6.30. The first-order valence-corrected chi connectivity index (χ1v) is 8.34. The maximum absolute atomic E-state index is 12.9. The van der Waals surface area contributed by atoms with Crippen molar-refractivity contribution in [2.24, 2.45) is 0 Å². The Morgan fingerprint density at radius 1 is 1.17 bits per heavy atom. The van der Waals surface area contributed by atoms with Gasteiger partial charge in [-0.25, -0.2) is 4.39 Å². The van der Waals surface area contributed by atoms with Gasteiger partial charge in [0.2, 0.25) is 0 Å². The Hall–Kier alpha value is -1.72. The molecule has 0 aliphatic carbocycles. The van der Waals surface area contributed by atoms with Crippen LogP contribution in [0.5, 0.6) is 0 Å². The molecule has 0 saturated heterocycles. The number of benzene rings is 2. The Labute approximate surface area is 144 Å². The molecule has 0 aliphatic heterocycles. The minimum absolute atomic E-state index is 0.0000282. The molecule has 1 unspecified atom stereocenters. The van der Waals surface area contributed by atoms with Gasteiger partial charge in [-0.2, -0.15) is 0 Å². The number of nitrogens with one attached hydrogen (secondary N) is 2. The Morgan fingerprint density at radius 2 is 1.78 bits per heavy atom. The average molecular weight is 380 g/mol. The van der Waals surface area contributed by atoms with E-state index in [-0.39, 0.29) is 17.8 Å². The molecule has 23 heavy (non-hydrogen) atoms. The fraction of sp³-hybridized carbons (Fsp3) is 0.278. The summed E-state index contributed by atoms with van der Waals surface area (Å²) in [7, 11) is 1.95. The van der Waals surface area contributed by atoms with Crippen LogP contribution >= 0.6 is 15.9 Å². The normalized spacial score (nSPS) is 13.4. The standard InChI is InChI=1S/C18H20BrFN2O/c1-13(15-5-7-16(19)8-6-15)21-18(23)12-22(2)11-14-3-9-17(20)10-4-14/h3-10,13H,11-12H2,1-2H3,(H,21,23)/p+1/t13-/m0/s1. The third-order valence-electron chi connectivity index (χ3n) is 3.63. The molecule has 0 spiro atoms. The van der Waals surface area contributed by atoms with Gasteiger partial charge in [0.15, 0.2) is 6.54 Å². The van der Waals surface area contributed by atoms with Gasteiger partial charge < -0.3 is 10.2 Å². The zero-order valence-electron chi connectivity index (χ0n) is 13.3. The van der Waals surface area contributed by atoms with Crippen LogP contribution in [0, 0.1) is 5.82 Å². The molecule has 5 heteroatoms. The highest BCUT2D eigenvalue weighted by Gasteiger charge is 2.14. The third-order valence-corrected chi connectivity index (χ3v) is 4.16. The van der Waals surface area contributed by atoms with E-state index in [2.05, 4.69) is 21.2 Å². The van der Waals surface area contributed by atoms with Gasteiger partial charge in [-0.3, -0.25) is 4.79 Å². The number of likely N-dealkylation sites (N-methyl/N-ethyl adjacent to an activating group) is 1. The topological polar surface area (TPSA) is 33.5 Å². The second kappa shape index (κ2) is 8.22. The molecule has 122 valence electrons. The third kappa shape index (κ3) is 5.77. The molecule has 0 aromatic heterocycles. The van der Waals surface area contributed by atoms with E-state index in [1.54, 1.807) is 12.1 Å². The summed E-state index contributed by atoms with van der Waals surface area (Å²) in [6.45, 7) is 3.02. The number of quaternary nitrogens is 1. The maximum Gasteiger partial charge on any atom is 0.275 e. The Balaban J connectivity index is 1.83. The van der Waals surface area contributed by atoms with Gasteiger partial charge in [-0.15, -0.1) is 0 Å². The van der Waals surface area contributed by atoms with Gasteiger partial charge in [0.05, 0.1) is 13.1 Å². The van der Waals surface area contributed by atoms with Crippen molar-refractivity contribution in [1.82, 2.24) is 5.32 Å². The Morgan fingerprint density at radius 3 is 2.39 bits per heavy atom. The maximum atomic E-state index is 12.9. The fourth-order valence-corrected chi connectivity index (χ4v) is 2.68. The molecule has 0 radical (unpaired) electrons. The van der Waals surface area contributed by atoms with Crippen molar-refractivity contribution >= 4 is 21.8 Å². The lowest BCUT2D eigenvalue weighted by Gasteiger charge is -2.17. The summed E-state index contributed by atoms with van der Waals surface area (Å²) in [5.74, 6) is -0.243. The summed E-state index contributed by atoms with van der Waals surface area (Å²) in [5, 5.41) is 3.01. The molecule has 0 bridgehead atoms. The monoisotopic (exact) mass is 379 g/mol. The van der Waals surface area contributed by atoms with E-state index in [4.69, 9.17) is 0 Å². The Bertz CT molecular complexity index is 643. The van der Waals surface area contributed by atoms with Crippen molar-refractivity contribution in [1.29, 1.82) is 0 Å². The minimum atomic E-state index is -0.243. The lowest BCUT2D eigenvalue weighted by molar-refractivity contribution is -0.885. The largest absolute Gasteiger partial charge is 0.345 e. The van der Waals surface area contributed by atoms with Crippen molar-refractivity contribution < 1.29 is 14.1 Å². The predicted molar refractivity (Wildman–Crippen MR) is 92.6 cm³/mol. The predicted octanol–water partition coefficient (Wildman–Crippen LogP) is 2.48. The molecular weight excluding hydrogens is 359 g/mol. The van der Waals surface area contributed by atoms with E-state index in [9.17, 15) is 9.18 Å². The molecule has 1 amide bonds. The lowest BCUT2D eigenvalue weighted by Crippen LogP contribution is -3.08. The lowest BCUT2D eigenvalue weighted by atomic mass is 10.1. The molecule has 2 rings (SSSR count). The molecule has 0 aliphatic rings. The molecule has 2 aromatic carbocycles. The smallest absolute Gasteiger partial charge is 0.275 e. The molecule has 0 fully saturated rings. The number of rotatable bonds is 6. The highest BCUT2D eigenvalue weighted by atomic mass is 79.9. The number of hydrogen-bond donors (Lipinski definition) is 2.